The zero-order valence-electron chi connectivity index (χ0n) is 9.73. The highest BCUT2D eigenvalue weighted by Crippen LogP contribution is 2.20. The lowest BCUT2D eigenvalue weighted by molar-refractivity contribution is 0.0998. The van der Waals surface area contributed by atoms with Gasteiger partial charge in [0, 0.05) is 10.9 Å². The second-order valence-corrected chi connectivity index (χ2v) is 4.03. The maximum absolute atomic E-state index is 12.0. The first-order valence-electron chi connectivity index (χ1n) is 5.54. The van der Waals surface area contributed by atoms with Crippen molar-refractivity contribution in [3.8, 4) is 0 Å². The van der Waals surface area contributed by atoms with Crippen molar-refractivity contribution in [1.82, 2.24) is 10.2 Å². The Morgan fingerprint density at radius 1 is 1.39 bits per heavy atom. The molecule has 5 nitrogen and oxygen atoms in total. The molecule has 0 saturated carbocycles. The summed E-state index contributed by atoms with van der Waals surface area (Å²) in [4.78, 5) is 12.0. The number of carbonyl (C=O) groups excluding carboxylic acids is 1. The van der Waals surface area contributed by atoms with Gasteiger partial charge in [0.25, 0.3) is 5.91 Å². The van der Waals surface area contributed by atoms with E-state index in [1.165, 1.54) is 0 Å². The van der Waals surface area contributed by atoms with Gasteiger partial charge in [-0.1, -0.05) is 18.2 Å². The van der Waals surface area contributed by atoms with Gasteiger partial charge in [-0.2, -0.15) is 5.10 Å². The molecule has 0 saturated heterocycles. The predicted octanol–water partition coefficient (Wildman–Crippen LogP) is 2.72. The van der Waals surface area contributed by atoms with E-state index < -0.39 is 0 Å². The third-order valence-electron chi connectivity index (χ3n) is 2.72. The summed E-state index contributed by atoms with van der Waals surface area (Å²) in [6.45, 7) is 1.86. The smallest absolute Gasteiger partial charge is 0.292 e. The number of furan rings is 1. The fraction of sp³-hybridized carbons (Fsp3) is 0.0769. The average molecular weight is 241 g/mol. The Bertz CT molecular complexity index is 679. The van der Waals surface area contributed by atoms with E-state index in [1.54, 1.807) is 12.3 Å². The quantitative estimate of drug-likeness (QED) is 0.724. The van der Waals surface area contributed by atoms with Gasteiger partial charge < -0.3 is 9.73 Å². The van der Waals surface area contributed by atoms with Crippen LogP contribution in [0.4, 0.5) is 5.82 Å². The van der Waals surface area contributed by atoms with Crippen molar-refractivity contribution >= 4 is 22.7 Å². The molecule has 90 valence electrons. The van der Waals surface area contributed by atoms with E-state index in [1.807, 2.05) is 31.2 Å². The topological polar surface area (TPSA) is 70.9 Å². The maximum atomic E-state index is 12.0. The van der Waals surface area contributed by atoms with E-state index in [9.17, 15) is 4.79 Å². The third-order valence-corrected chi connectivity index (χ3v) is 2.72. The number of para-hydroxylation sites is 1. The number of amides is 1. The first-order chi connectivity index (χ1) is 8.74. The van der Waals surface area contributed by atoms with Crippen LogP contribution in [0.3, 0.4) is 0 Å². The number of anilines is 1. The van der Waals surface area contributed by atoms with Crippen LogP contribution in [0, 0.1) is 6.92 Å². The molecular formula is C13H11N3O2. The molecule has 1 amide bonds. The molecule has 0 radical (unpaired) electrons. The number of carbonyl (C=O) groups is 1. The van der Waals surface area contributed by atoms with Gasteiger partial charge in [0.2, 0.25) is 0 Å². The van der Waals surface area contributed by atoms with Crippen molar-refractivity contribution in [1.29, 1.82) is 0 Å². The molecule has 1 aromatic carbocycles. The van der Waals surface area contributed by atoms with Crippen LogP contribution in [0.1, 0.15) is 16.1 Å². The van der Waals surface area contributed by atoms with Gasteiger partial charge >= 0.3 is 0 Å². The normalized spacial score (nSPS) is 10.7. The summed E-state index contributed by atoms with van der Waals surface area (Å²) in [6, 6.07) is 9.21. The number of nitrogens with zero attached hydrogens (tertiary/aromatic N) is 1. The Morgan fingerprint density at radius 3 is 2.94 bits per heavy atom. The Morgan fingerprint density at radius 2 is 2.22 bits per heavy atom. The van der Waals surface area contributed by atoms with Crippen molar-refractivity contribution in [2.24, 2.45) is 0 Å². The summed E-state index contributed by atoms with van der Waals surface area (Å²) in [7, 11) is 0. The van der Waals surface area contributed by atoms with Gasteiger partial charge in [0.05, 0.1) is 6.20 Å². The summed E-state index contributed by atoms with van der Waals surface area (Å²) in [5.74, 6) is 0.573. The lowest BCUT2D eigenvalue weighted by Crippen LogP contribution is -2.11. The number of benzene rings is 1. The molecule has 2 aromatic heterocycles. The average Bonchev–Trinajstić information content (AvgIpc) is 2.96. The molecule has 2 N–H and O–H groups in total. The number of fused-ring (bicyclic) bond motifs is 1. The molecule has 0 aliphatic rings. The molecule has 0 unspecified atom stereocenters. The highest BCUT2D eigenvalue weighted by molar-refractivity contribution is 6.04. The maximum Gasteiger partial charge on any atom is 0.292 e. The highest BCUT2D eigenvalue weighted by Gasteiger charge is 2.13. The molecule has 0 fully saturated rings. The van der Waals surface area contributed by atoms with E-state index in [0.29, 0.717) is 11.4 Å². The SMILES string of the molecule is Cc1cn[nH]c1NC(=O)c1cc2ccccc2o1. The predicted molar refractivity (Wildman–Crippen MR) is 67.5 cm³/mol. The molecule has 3 aromatic rings. The summed E-state index contributed by atoms with van der Waals surface area (Å²) in [5.41, 5.74) is 1.57. The summed E-state index contributed by atoms with van der Waals surface area (Å²) >= 11 is 0. The fourth-order valence-corrected chi connectivity index (χ4v) is 1.74. The summed E-state index contributed by atoms with van der Waals surface area (Å²) in [6.07, 6.45) is 1.65. The van der Waals surface area contributed by atoms with Crippen LogP contribution >= 0.6 is 0 Å². The highest BCUT2D eigenvalue weighted by atomic mass is 16.3. The van der Waals surface area contributed by atoms with Gasteiger partial charge in [-0.05, 0) is 19.1 Å². The summed E-state index contributed by atoms with van der Waals surface area (Å²) in [5, 5.41) is 10.2. The Hall–Kier alpha value is -2.56. The third kappa shape index (κ3) is 1.75. The molecular weight excluding hydrogens is 230 g/mol. The molecule has 0 bridgehead atoms. The number of hydrogen-bond acceptors (Lipinski definition) is 3. The van der Waals surface area contributed by atoms with Crippen molar-refractivity contribution in [3.05, 3.63) is 47.9 Å². The zero-order valence-corrected chi connectivity index (χ0v) is 9.73. The van der Waals surface area contributed by atoms with Crippen LogP contribution in [-0.4, -0.2) is 16.1 Å². The van der Waals surface area contributed by atoms with Crippen LogP contribution in [0.2, 0.25) is 0 Å². The minimum atomic E-state index is -0.293. The largest absolute Gasteiger partial charge is 0.451 e. The lowest BCUT2D eigenvalue weighted by atomic mass is 10.2. The minimum absolute atomic E-state index is 0.283. The van der Waals surface area contributed by atoms with Crippen molar-refractivity contribution < 1.29 is 9.21 Å². The Labute approximate surface area is 103 Å². The fourth-order valence-electron chi connectivity index (χ4n) is 1.74. The molecule has 3 rings (SSSR count). The molecule has 0 atom stereocenters. The van der Waals surface area contributed by atoms with Gasteiger partial charge in [-0.15, -0.1) is 0 Å². The number of rotatable bonds is 2. The second-order valence-electron chi connectivity index (χ2n) is 4.03. The van der Waals surface area contributed by atoms with E-state index in [-0.39, 0.29) is 11.7 Å². The molecule has 0 spiro atoms. The zero-order chi connectivity index (χ0) is 12.5. The van der Waals surface area contributed by atoms with Crippen molar-refractivity contribution in [2.75, 3.05) is 5.32 Å². The van der Waals surface area contributed by atoms with Crippen molar-refractivity contribution in [3.63, 3.8) is 0 Å². The standard InChI is InChI=1S/C13H11N3O2/c1-8-7-14-16-12(8)15-13(17)11-6-9-4-2-3-5-10(9)18-11/h2-7H,1H3,(H2,14,15,16,17). The van der Waals surface area contributed by atoms with Crippen LogP contribution < -0.4 is 5.32 Å². The van der Waals surface area contributed by atoms with Crippen LogP contribution in [-0.2, 0) is 0 Å². The number of nitrogens with one attached hydrogen (secondary N) is 2. The summed E-state index contributed by atoms with van der Waals surface area (Å²) < 4.78 is 5.47. The van der Waals surface area contributed by atoms with Crippen LogP contribution in [0.5, 0.6) is 0 Å². The molecule has 5 heteroatoms. The van der Waals surface area contributed by atoms with Gasteiger partial charge in [-0.25, -0.2) is 0 Å². The van der Waals surface area contributed by atoms with Gasteiger partial charge in [-0.3, -0.25) is 9.89 Å². The molecule has 18 heavy (non-hydrogen) atoms. The van der Waals surface area contributed by atoms with Crippen LogP contribution in [0.25, 0.3) is 11.0 Å². The van der Waals surface area contributed by atoms with Crippen molar-refractivity contribution in [2.45, 2.75) is 6.92 Å². The molecule has 0 aliphatic heterocycles. The molecule has 2 heterocycles. The molecule has 0 aliphatic carbocycles. The van der Waals surface area contributed by atoms with E-state index >= 15 is 0 Å². The minimum Gasteiger partial charge on any atom is -0.451 e. The number of hydrogen-bond donors (Lipinski definition) is 2. The lowest BCUT2D eigenvalue weighted by Gasteiger charge is -2.00. The van der Waals surface area contributed by atoms with E-state index in [2.05, 4.69) is 15.5 Å². The number of aromatic amines is 1. The van der Waals surface area contributed by atoms with Gasteiger partial charge in [0.1, 0.15) is 11.4 Å². The second kappa shape index (κ2) is 4.03. The van der Waals surface area contributed by atoms with E-state index in [0.717, 1.165) is 10.9 Å². The number of aromatic nitrogens is 2. The number of H-pyrrole nitrogens is 1. The van der Waals surface area contributed by atoms with Crippen LogP contribution in [0.15, 0.2) is 40.9 Å². The first-order valence-corrected chi connectivity index (χ1v) is 5.54. The van der Waals surface area contributed by atoms with Gasteiger partial charge in [0.15, 0.2) is 5.76 Å². The Balaban J connectivity index is 1.90. The first kappa shape index (κ1) is 10.6. The number of aryl methyl sites for hydroxylation is 1. The Kier molecular flexibility index (Phi) is 2.37. The van der Waals surface area contributed by atoms with E-state index in [4.69, 9.17) is 4.42 Å². The monoisotopic (exact) mass is 241 g/mol.